The summed E-state index contributed by atoms with van der Waals surface area (Å²) < 4.78 is 30.6. The second-order valence-corrected chi connectivity index (χ2v) is 10.5. The second-order valence-electron chi connectivity index (χ2n) is 10.5. The molecule has 0 aliphatic carbocycles. The number of carbonyl (C=O) groups excluding carboxylic acids is 6. The van der Waals surface area contributed by atoms with E-state index >= 15 is 0 Å². The predicted octanol–water partition coefficient (Wildman–Crippen LogP) is 2.95. The van der Waals surface area contributed by atoms with Gasteiger partial charge < -0.3 is 28.3 Å². The summed E-state index contributed by atoms with van der Waals surface area (Å²) in [6, 6.07) is 13.9. The van der Waals surface area contributed by atoms with Crippen molar-refractivity contribution in [3.05, 3.63) is 72.1 Å². The number of carbonyl (C=O) groups is 6. The van der Waals surface area contributed by atoms with E-state index in [9.17, 15) is 28.8 Å². The molecule has 0 bridgehead atoms. The van der Waals surface area contributed by atoms with E-state index in [0.29, 0.717) is 39.3 Å². The Labute approximate surface area is 254 Å². The first-order chi connectivity index (χ1) is 21.6. The van der Waals surface area contributed by atoms with Crippen LogP contribution in [-0.2, 0) is 52.5 Å². The number of fused-ring (bicyclic) bond motifs is 2. The minimum absolute atomic E-state index is 0.0338. The van der Waals surface area contributed by atoms with Crippen molar-refractivity contribution in [2.24, 2.45) is 0 Å². The van der Waals surface area contributed by atoms with Crippen LogP contribution in [0.25, 0.3) is 33.0 Å². The van der Waals surface area contributed by atoms with Crippen LogP contribution < -0.4 is 0 Å². The largest absolute Gasteiger partial charge is 0.456 e. The fourth-order valence-corrected chi connectivity index (χ4v) is 5.95. The molecule has 0 N–H and O–H groups in total. The molecular formula is C32H26N2O11. The highest BCUT2D eigenvalue weighted by molar-refractivity contribution is 6.46. The molecular weight excluding hydrogens is 588 g/mol. The molecule has 13 nitrogen and oxygen atoms in total. The van der Waals surface area contributed by atoms with Crippen LogP contribution in [0.3, 0.4) is 0 Å². The van der Waals surface area contributed by atoms with E-state index < -0.39 is 54.4 Å². The van der Waals surface area contributed by atoms with Crippen LogP contribution in [-0.4, -0.2) is 70.3 Å². The molecule has 4 heterocycles. The van der Waals surface area contributed by atoms with Crippen LogP contribution >= 0.6 is 0 Å². The zero-order valence-electron chi connectivity index (χ0n) is 24.3. The number of nitrogens with zero attached hydrogens (tertiary/aromatic N) is 2. The average Bonchev–Trinajstić information content (AvgIpc) is 3.64. The van der Waals surface area contributed by atoms with Crippen LogP contribution in [0.2, 0.25) is 0 Å². The third-order valence-electron chi connectivity index (χ3n) is 7.58. The first-order valence-electron chi connectivity index (χ1n) is 13.9. The van der Waals surface area contributed by atoms with Gasteiger partial charge in [-0.3, -0.25) is 23.7 Å². The van der Waals surface area contributed by atoms with Gasteiger partial charge in [0.15, 0.2) is 24.5 Å². The number of hydrogen-bond donors (Lipinski definition) is 0. The molecule has 0 unspecified atom stereocenters. The zero-order chi connectivity index (χ0) is 32.0. The van der Waals surface area contributed by atoms with Crippen LogP contribution in [0.1, 0.15) is 38.1 Å². The maximum atomic E-state index is 13.3. The molecule has 1 saturated heterocycles. The summed E-state index contributed by atoms with van der Waals surface area (Å²) in [6.45, 7) is 3.30. The van der Waals surface area contributed by atoms with Crippen LogP contribution in [0, 0.1) is 0 Å². The van der Waals surface area contributed by atoms with Gasteiger partial charge in [0.2, 0.25) is 6.41 Å². The molecule has 0 radical (unpaired) electrons. The molecule has 1 fully saturated rings. The molecule has 2 aliphatic rings. The van der Waals surface area contributed by atoms with E-state index in [4.69, 9.17) is 23.7 Å². The topological polar surface area (TPSA) is 158 Å². The third kappa shape index (κ3) is 5.16. The highest BCUT2D eigenvalue weighted by Gasteiger charge is 2.48. The van der Waals surface area contributed by atoms with E-state index in [2.05, 4.69) is 0 Å². The van der Waals surface area contributed by atoms with Crippen molar-refractivity contribution in [2.75, 3.05) is 6.61 Å². The Balaban J connectivity index is 1.55. The first kappa shape index (κ1) is 29.5. The summed E-state index contributed by atoms with van der Waals surface area (Å²) in [7, 11) is 0. The van der Waals surface area contributed by atoms with Gasteiger partial charge in [0.25, 0.3) is 0 Å². The molecule has 13 heteroatoms. The molecule has 0 spiro atoms. The van der Waals surface area contributed by atoms with Crippen LogP contribution in [0.15, 0.2) is 60.9 Å². The van der Waals surface area contributed by atoms with E-state index in [1.54, 1.807) is 59.3 Å². The average molecular weight is 615 g/mol. The maximum absolute atomic E-state index is 13.3. The molecule has 230 valence electrons. The molecule has 0 amide bonds. The summed E-state index contributed by atoms with van der Waals surface area (Å²) in [5, 5.41) is 1.07. The van der Waals surface area contributed by atoms with Gasteiger partial charge in [0.05, 0.1) is 28.8 Å². The minimum atomic E-state index is -1.29. The quantitative estimate of drug-likeness (QED) is 0.130. The lowest BCUT2D eigenvalue weighted by molar-refractivity contribution is -0.239. The summed E-state index contributed by atoms with van der Waals surface area (Å²) in [4.78, 5) is 74.6. The number of rotatable bonds is 7. The van der Waals surface area contributed by atoms with Gasteiger partial charge in [-0.1, -0.05) is 36.4 Å². The van der Waals surface area contributed by atoms with Crippen molar-refractivity contribution >= 4 is 69.2 Å². The van der Waals surface area contributed by atoms with Crippen molar-refractivity contribution in [3.8, 4) is 0 Å². The monoisotopic (exact) mass is 614 g/mol. The highest BCUT2D eigenvalue weighted by Crippen LogP contribution is 2.42. The van der Waals surface area contributed by atoms with Crippen molar-refractivity contribution in [3.63, 3.8) is 0 Å². The number of hydrogen-bond acceptors (Lipinski definition) is 11. The van der Waals surface area contributed by atoms with Gasteiger partial charge in [-0.2, -0.15) is 0 Å². The molecule has 0 saturated carbocycles. The molecule has 4 atom stereocenters. The fourth-order valence-electron chi connectivity index (χ4n) is 5.95. The fraction of sp³-hybridized carbons (Fsp3) is 0.250. The lowest BCUT2D eigenvalue weighted by Crippen LogP contribution is -2.55. The Bertz CT molecular complexity index is 1950. The number of esters is 5. The van der Waals surface area contributed by atoms with Gasteiger partial charge in [0.1, 0.15) is 0 Å². The number of para-hydroxylation sites is 2. The molecule has 2 aliphatic heterocycles. The number of cyclic esters (lactones) is 2. The minimum Gasteiger partial charge on any atom is -0.456 e. The predicted molar refractivity (Wildman–Crippen MR) is 156 cm³/mol. The molecule has 4 aromatic rings. The van der Waals surface area contributed by atoms with E-state index in [1.165, 1.54) is 31.5 Å². The van der Waals surface area contributed by atoms with Gasteiger partial charge in [0, 0.05) is 55.1 Å². The van der Waals surface area contributed by atoms with Crippen molar-refractivity contribution in [2.45, 2.75) is 45.3 Å². The second kappa shape index (κ2) is 11.5. The van der Waals surface area contributed by atoms with Gasteiger partial charge in [-0.15, -0.1) is 0 Å². The van der Waals surface area contributed by atoms with E-state index in [0.717, 1.165) is 0 Å². The van der Waals surface area contributed by atoms with E-state index in [1.807, 2.05) is 0 Å². The maximum Gasteiger partial charge on any atom is 0.347 e. The Morgan fingerprint density at radius 2 is 1.29 bits per heavy atom. The van der Waals surface area contributed by atoms with Crippen molar-refractivity contribution in [1.82, 2.24) is 9.13 Å². The molecule has 45 heavy (non-hydrogen) atoms. The Hall–Kier alpha value is -5.56. The molecule has 2 aromatic heterocycles. The Morgan fingerprint density at radius 3 is 1.89 bits per heavy atom. The normalized spacial score (nSPS) is 21.6. The summed E-state index contributed by atoms with van der Waals surface area (Å²) in [5.74, 6) is -3.85. The molecule has 6 rings (SSSR count). The van der Waals surface area contributed by atoms with Crippen LogP contribution in [0.5, 0.6) is 0 Å². The molecule has 2 aromatic carbocycles. The standard InChI is InChI=1S/C32H26N2O11/c1-16(36)42-25-14-41-30(29(44-18(3)38)28(25)43-17(2)37)34-13-22(20-9-5-7-11-24(20)34)27-26(31(39)45-32(27)40)21-12-33(15-35)23-10-6-4-8-19(21)23/h4-13,15,25,28-30H,14H2,1-3H3/t25-,28-,29-,30-/m1/s1. The van der Waals surface area contributed by atoms with Crippen LogP contribution in [0.4, 0.5) is 0 Å². The van der Waals surface area contributed by atoms with Crippen molar-refractivity contribution in [1.29, 1.82) is 0 Å². The number of aromatic nitrogens is 2. The number of ether oxygens (including phenoxy) is 5. The Kier molecular flexibility index (Phi) is 7.54. The first-order valence-corrected chi connectivity index (χ1v) is 13.9. The third-order valence-corrected chi connectivity index (χ3v) is 7.58. The summed E-state index contributed by atoms with van der Waals surface area (Å²) in [6.07, 6.45) is -1.12. The summed E-state index contributed by atoms with van der Waals surface area (Å²) in [5.41, 5.74) is 1.59. The smallest absolute Gasteiger partial charge is 0.347 e. The highest BCUT2D eigenvalue weighted by atomic mass is 16.6. The zero-order valence-corrected chi connectivity index (χ0v) is 24.3. The Morgan fingerprint density at radius 1 is 0.756 bits per heavy atom. The number of benzene rings is 2. The van der Waals surface area contributed by atoms with E-state index in [-0.39, 0.29) is 17.8 Å². The summed E-state index contributed by atoms with van der Waals surface area (Å²) >= 11 is 0. The lowest BCUT2D eigenvalue weighted by atomic mass is 9.95. The SMILES string of the molecule is CC(=O)O[C@@H]1[C@H](OC(C)=O)[C@H](OC(C)=O)CO[C@H]1n1cc(C2=C(c3cn(C=O)c4ccccc34)C(=O)OC2=O)c2ccccc21. The van der Waals surface area contributed by atoms with Gasteiger partial charge in [-0.25, -0.2) is 9.59 Å². The van der Waals surface area contributed by atoms with Gasteiger partial charge >= 0.3 is 29.8 Å². The van der Waals surface area contributed by atoms with Crippen molar-refractivity contribution < 1.29 is 52.5 Å². The van der Waals surface area contributed by atoms with Gasteiger partial charge in [-0.05, 0) is 12.1 Å². The lowest BCUT2D eigenvalue weighted by Gasteiger charge is -2.41.